The number of carbonyl (C=O) groups excluding carboxylic acids is 1. The molecule has 4 rings (SSSR count). The average molecular weight is 416 g/mol. The quantitative estimate of drug-likeness (QED) is 0.409. The van der Waals surface area contributed by atoms with Crippen LogP contribution in [0.15, 0.2) is 66.7 Å². The molecule has 7 heteroatoms. The summed E-state index contributed by atoms with van der Waals surface area (Å²) in [7, 11) is 0. The highest BCUT2D eigenvalue weighted by atomic mass is 16.6. The van der Waals surface area contributed by atoms with Crippen LogP contribution in [-0.2, 0) is 0 Å². The van der Waals surface area contributed by atoms with Crippen molar-refractivity contribution < 1.29 is 9.72 Å². The molecule has 0 saturated carbocycles. The number of carbonyl (C=O) groups is 1. The van der Waals surface area contributed by atoms with Gasteiger partial charge in [0.15, 0.2) is 0 Å². The minimum Gasteiger partial charge on any atom is -0.366 e. The van der Waals surface area contributed by atoms with E-state index in [0.29, 0.717) is 11.4 Å². The molecule has 7 nitrogen and oxygen atoms in total. The first-order chi connectivity index (χ1) is 15.0. The van der Waals surface area contributed by atoms with Gasteiger partial charge in [-0.05, 0) is 56.2 Å². The molecule has 0 bridgehead atoms. The Labute approximate surface area is 180 Å². The van der Waals surface area contributed by atoms with Gasteiger partial charge < -0.3 is 15.5 Å². The normalized spacial score (nSPS) is 13.1. The summed E-state index contributed by atoms with van der Waals surface area (Å²) in [6.45, 7) is 3.61. The molecule has 1 heterocycles. The van der Waals surface area contributed by atoms with E-state index < -0.39 is 10.8 Å². The van der Waals surface area contributed by atoms with Gasteiger partial charge >= 0.3 is 0 Å². The third-order valence-electron chi connectivity index (χ3n) is 5.39. The lowest BCUT2D eigenvalue weighted by Crippen LogP contribution is -2.20. The Morgan fingerprint density at radius 1 is 0.968 bits per heavy atom. The van der Waals surface area contributed by atoms with E-state index in [2.05, 4.69) is 10.6 Å². The third-order valence-corrected chi connectivity index (χ3v) is 5.39. The maximum absolute atomic E-state index is 12.9. The SMILES string of the molecule is Cc1ccc(Nc2ccccc2NC(=O)c2ccc(N3CCCC3)c([N+](=O)[O-])c2)cc1. The lowest BCUT2D eigenvalue weighted by molar-refractivity contribution is -0.384. The molecule has 0 radical (unpaired) electrons. The van der Waals surface area contributed by atoms with Crippen LogP contribution in [0.2, 0.25) is 0 Å². The molecule has 0 spiro atoms. The molecule has 0 unspecified atom stereocenters. The fourth-order valence-corrected chi connectivity index (χ4v) is 3.72. The first kappa shape index (κ1) is 20.4. The number of hydrogen-bond donors (Lipinski definition) is 2. The Hall–Kier alpha value is -3.87. The summed E-state index contributed by atoms with van der Waals surface area (Å²) >= 11 is 0. The van der Waals surface area contributed by atoms with Crippen LogP contribution in [-0.4, -0.2) is 23.9 Å². The smallest absolute Gasteiger partial charge is 0.293 e. The molecule has 3 aromatic carbocycles. The molecule has 158 valence electrons. The third kappa shape index (κ3) is 4.66. The van der Waals surface area contributed by atoms with Crippen LogP contribution < -0.4 is 15.5 Å². The van der Waals surface area contributed by atoms with Crippen LogP contribution in [0.4, 0.5) is 28.4 Å². The van der Waals surface area contributed by atoms with Gasteiger partial charge in [0.25, 0.3) is 11.6 Å². The van der Waals surface area contributed by atoms with Gasteiger partial charge in [-0.25, -0.2) is 0 Å². The molecule has 1 aliphatic rings. The molecular formula is C24H24N4O3. The molecule has 3 aromatic rings. The maximum atomic E-state index is 12.9. The largest absolute Gasteiger partial charge is 0.366 e. The molecule has 1 fully saturated rings. The summed E-state index contributed by atoms with van der Waals surface area (Å²) < 4.78 is 0. The summed E-state index contributed by atoms with van der Waals surface area (Å²) in [5.41, 5.74) is 4.17. The minimum atomic E-state index is -0.419. The second-order valence-corrected chi connectivity index (χ2v) is 7.65. The predicted octanol–water partition coefficient (Wildman–Crippen LogP) is 5.50. The van der Waals surface area contributed by atoms with Crippen LogP contribution >= 0.6 is 0 Å². The van der Waals surface area contributed by atoms with Crippen LogP contribution in [0.3, 0.4) is 0 Å². The second kappa shape index (κ2) is 8.87. The Bertz CT molecular complexity index is 1110. The molecule has 2 N–H and O–H groups in total. The van der Waals surface area contributed by atoms with Crippen molar-refractivity contribution in [2.24, 2.45) is 0 Å². The Kier molecular flexibility index (Phi) is 5.84. The van der Waals surface area contributed by atoms with Gasteiger partial charge in [-0.2, -0.15) is 0 Å². The van der Waals surface area contributed by atoms with Gasteiger partial charge in [0.2, 0.25) is 0 Å². The summed E-state index contributed by atoms with van der Waals surface area (Å²) in [6, 6.07) is 20.0. The molecule has 0 aromatic heterocycles. The summed E-state index contributed by atoms with van der Waals surface area (Å²) in [5.74, 6) is -0.394. The lowest BCUT2D eigenvalue weighted by Gasteiger charge is -2.18. The van der Waals surface area contributed by atoms with E-state index in [1.807, 2.05) is 54.3 Å². The van der Waals surface area contributed by atoms with E-state index in [1.165, 1.54) is 6.07 Å². The van der Waals surface area contributed by atoms with Crippen LogP contribution in [0.25, 0.3) is 0 Å². The van der Waals surface area contributed by atoms with E-state index in [4.69, 9.17) is 0 Å². The number of nitro groups is 1. The Morgan fingerprint density at radius 3 is 2.32 bits per heavy atom. The molecule has 0 atom stereocenters. The van der Waals surface area contributed by atoms with E-state index in [0.717, 1.165) is 42.9 Å². The lowest BCUT2D eigenvalue weighted by atomic mass is 10.1. The van der Waals surface area contributed by atoms with E-state index in [1.54, 1.807) is 18.2 Å². The number of benzene rings is 3. The fraction of sp³-hybridized carbons (Fsp3) is 0.208. The molecule has 31 heavy (non-hydrogen) atoms. The standard InChI is InChI=1S/C24H24N4O3/c1-17-8-11-19(12-9-17)25-20-6-2-3-7-21(20)26-24(29)18-10-13-22(23(16-18)28(30)31)27-14-4-5-15-27/h2-3,6-13,16,25H,4-5,14-15H2,1H3,(H,26,29). The summed E-state index contributed by atoms with van der Waals surface area (Å²) in [6.07, 6.45) is 2.04. The molecular weight excluding hydrogens is 392 g/mol. The zero-order chi connectivity index (χ0) is 21.8. The van der Waals surface area contributed by atoms with Crippen molar-refractivity contribution in [2.45, 2.75) is 19.8 Å². The Morgan fingerprint density at radius 2 is 1.65 bits per heavy atom. The number of aryl methyl sites for hydroxylation is 1. The number of nitro benzene ring substituents is 1. The Balaban J connectivity index is 1.56. The highest BCUT2D eigenvalue weighted by molar-refractivity contribution is 6.06. The van der Waals surface area contributed by atoms with Crippen LogP contribution in [0.5, 0.6) is 0 Å². The van der Waals surface area contributed by atoms with E-state index >= 15 is 0 Å². The number of amides is 1. The zero-order valence-electron chi connectivity index (χ0n) is 17.3. The number of para-hydroxylation sites is 2. The highest BCUT2D eigenvalue weighted by Crippen LogP contribution is 2.32. The summed E-state index contributed by atoms with van der Waals surface area (Å²) in [4.78, 5) is 26.1. The van der Waals surface area contributed by atoms with Gasteiger partial charge in [-0.15, -0.1) is 0 Å². The molecule has 0 aliphatic carbocycles. The number of nitrogens with one attached hydrogen (secondary N) is 2. The van der Waals surface area contributed by atoms with Crippen molar-refractivity contribution in [2.75, 3.05) is 28.6 Å². The number of nitrogens with zero attached hydrogens (tertiary/aromatic N) is 2. The number of anilines is 4. The monoisotopic (exact) mass is 416 g/mol. The number of hydrogen-bond acceptors (Lipinski definition) is 5. The topological polar surface area (TPSA) is 87.5 Å². The van der Waals surface area contributed by atoms with Crippen molar-refractivity contribution >= 4 is 34.3 Å². The second-order valence-electron chi connectivity index (χ2n) is 7.65. The van der Waals surface area contributed by atoms with Crippen molar-refractivity contribution in [3.63, 3.8) is 0 Å². The fourth-order valence-electron chi connectivity index (χ4n) is 3.72. The predicted molar refractivity (Wildman–Crippen MR) is 123 cm³/mol. The van der Waals surface area contributed by atoms with Crippen LogP contribution in [0, 0.1) is 17.0 Å². The van der Waals surface area contributed by atoms with Gasteiger partial charge in [-0.1, -0.05) is 29.8 Å². The summed E-state index contributed by atoms with van der Waals surface area (Å²) in [5, 5.41) is 17.8. The molecule has 1 saturated heterocycles. The zero-order valence-corrected chi connectivity index (χ0v) is 17.3. The van der Waals surface area contributed by atoms with Gasteiger partial charge in [0.05, 0.1) is 16.3 Å². The maximum Gasteiger partial charge on any atom is 0.293 e. The van der Waals surface area contributed by atoms with Crippen molar-refractivity contribution in [1.82, 2.24) is 0 Å². The first-order valence-corrected chi connectivity index (χ1v) is 10.3. The van der Waals surface area contributed by atoms with Gasteiger partial charge in [-0.3, -0.25) is 14.9 Å². The van der Waals surface area contributed by atoms with Crippen molar-refractivity contribution in [3.05, 3.63) is 88.0 Å². The van der Waals surface area contributed by atoms with E-state index in [9.17, 15) is 14.9 Å². The number of rotatable bonds is 6. The highest BCUT2D eigenvalue weighted by Gasteiger charge is 2.24. The average Bonchev–Trinajstić information content (AvgIpc) is 3.31. The molecule has 1 amide bonds. The van der Waals surface area contributed by atoms with Crippen molar-refractivity contribution in [1.29, 1.82) is 0 Å². The van der Waals surface area contributed by atoms with E-state index in [-0.39, 0.29) is 11.3 Å². The van der Waals surface area contributed by atoms with Crippen LogP contribution in [0.1, 0.15) is 28.8 Å². The van der Waals surface area contributed by atoms with Gasteiger partial charge in [0.1, 0.15) is 5.69 Å². The van der Waals surface area contributed by atoms with Crippen molar-refractivity contribution in [3.8, 4) is 0 Å². The van der Waals surface area contributed by atoms with Gasteiger partial charge in [0, 0.05) is 30.4 Å². The molecule has 1 aliphatic heterocycles. The minimum absolute atomic E-state index is 0.0411. The first-order valence-electron chi connectivity index (χ1n) is 10.3.